The van der Waals surface area contributed by atoms with Crippen molar-refractivity contribution in [1.82, 2.24) is 0 Å². The van der Waals surface area contributed by atoms with Gasteiger partial charge in [0.1, 0.15) is 6.54 Å². The summed E-state index contributed by atoms with van der Waals surface area (Å²) >= 11 is 0. The van der Waals surface area contributed by atoms with E-state index in [0.717, 1.165) is 6.54 Å². The predicted octanol–water partition coefficient (Wildman–Crippen LogP) is -0.0686. The van der Waals surface area contributed by atoms with Crippen LogP contribution in [0.5, 0.6) is 0 Å². The lowest BCUT2D eigenvalue weighted by Crippen LogP contribution is -3.00. The summed E-state index contributed by atoms with van der Waals surface area (Å²) < 4.78 is 2.33. The Labute approximate surface area is 97.2 Å². The van der Waals surface area contributed by atoms with Crippen molar-refractivity contribution in [2.75, 3.05) is 0 Å². The first-order valence-electron chi connectivity index (χ1n) is 5.29. The van der Waals surface area contributed by atoms with Crippen molar-refractivity contribution in [1.29, 1.82) is 0 Å². The predicted molar refractivity (Wildman–Crippen MR) is 59.1 cm³/mol. The molecule has 0 atom stereocenters. The Morgan fingerprint density at radius 2 is 1.80 bits per heavy atom. The van der Waals surface area contributed by atoms with Gasteiger partial charge in [0.15, 0.2) is 6.20 Å². The van der Waals surface area contributed by atoms with E-state index >= 15 is 0 Å². The molecule has 0 saturated carbocycles. The molecule has 0 bridgehead atoms. The minimum Gasteiger partial charge on any atom is -1.00 e. The van der Waals surface area contributed by atoms with Crippen LogP contribution in [0.25, 0.3) is 10.9 Å². The minimum atomic E-state index is 0. The monoisotopic (exact) mass is 221 g/mol. The van der Waals surface area contributed by atoms with Crippen LogP contribution in [-0.4, -0.2) is 0 Å². The Balaban J connectivity index is 0.00000112. The Hall–Kier alpha value is -1.08. The van der Waals surface area contributed by atoms with Gasteiger partial charge in [-0.1, -0.05) is 25.5 Å². The molecular formula is C13H16ClN. The van der Waals surface area contributed by atoms with Crippen LogP contribution in [0.3, 0.4) is 0 Å². The van der Waals surface area contributed by atoms with Gasteiger partial charge in [0.2, 0.25) is 5.52 Å². The zero-order valence-electron chi connectivity index (χ0n) is 8.99. The first-order chi connectivity index (χ1) is 6.92. The van der Waals surface area contributed by atoms with Gasteiger partial charge in [-0.25, -0.2) is 0 Å². The van der Waals surface area contributed by atoms with Gasteiger partial charge in [0.05, 0.1) is 0 Å². The van der Waals surface area contributed by atoms with E-state index in [1.807, 2.05) is 0 Å². The summed E-state index contributed by atoms with van der Waals surface area (Å²) in [5, 5.41) is 1.33. The van der Waals surface area contributed by atoms with E-state index in [9.17, 15) is 0 Å². The number of hydrogen-bond donors (Lipinski definition) is 0. The van der Waals surface area contributed by atoms with Crippen LogP contribution in [0.1, 0.15) is 19.8 Å². The molecule has 0 N–H and O–H groups in total. The quantitative estimate of drug-likeness (QED) is 0.640. The molecule has 80 valence electrons. The maximum atomic E-state index is 2.33. The molecule has 2 heteroatoms. The van der Waals surface area contributed by atoms with Crippen LogP contribution >= 0.6 is 0 Å². The number of unbranched alkanes of at least 4 members (excludes halogenated alkanes) is 1. The Morgan fingerprint density at radius 1 is 1.07 bits per heavy atom. The molecule has 0 unspecified atom stereocenters. The first kappa shape index (κ1) is 12.0. The highest BCUT2D eigenvalue weighted by Gasteiger charge is 2.05. The smallest absolute Gasteiger partial charge is 0.212 e. The summed E-state index contributed by atoms with van der Waals surface area (Å²) in [7, 11) is 0. The number of aryl methyl sites for hydroxylation is 1. The molecular weight excluding hydrogens is 206 g/mol. The van der Waals surface area contributed by atoms with Crippen LogP contribution in [0.2, 0.25) is 0 Å². The third-order valence-electron chi connectivity index (χ3n) is 2.54. The van der Waals surface area contributed by atoms with E-state index in [-0.39, 0.29) is 12.4 Å². The maximum Gasteiger partial charge on any atom is 0.212 e. The highest BCUT2D eigenvalue weighted by atomic mass is 35.5. The van der Waals surface area contributed by atoms with Crippen LogP contribution < -0.4 is 17.0 Å². The molecule has 2 rings (SSSR count). The van der Waals surface area contributed by atoms with Gasteiger partial charge in [-0.2, -0.15) is 4.57 Å². The summed E-state index contributed by atoms with van der Waals surface area (Å²) in [5.74, 6) is 0. The average molecular weight is 222 g/mol. The van der Waals surface area contributed by atoms with Gasteiger partial charge in [-0.05, 0) is 12.1 Å². The lowest BCUT2D eigenvalue weighted by atomic mass is 10.2. The molecule has 0 aliphatic carbocycles. The second kappa shape index (κ2) is 5.72. The molecule has 0 saturated heterocycles. The van der Waals surface area contributed by atoms with Gasteiger partial charge >= 0.3 is 0 Å². The van der Waals surface area contributed by atoms with E-state index in [1.54, 1.807) is 0 Å². The second-order valence-electron chi connectivity index (χ2n) is 3.61. The zero-order chi connectivity index (χ0) is 9.80. The van der Waals surface area contributed by atoms with Crippen molar-refractivity contribution < 1.29 is 17.0 Å². The van der Waals surface area contributed by atoms with Crippen LogP contribution in [0.4, 0.5) is 0 Å². The number of aromatic nitrogens is 1. The van der Waals surface area contributed by atoms with E-state index in [4.69, 9.17) is 0 Å². The fourth-order valence-electron chi connectivity index (χ4n) is 1.74. The lowest BCUT2D eigenvalue weighted by molar-refractivity contribution is -0.671. The van der Waals surface area contributed by atoms with Gasteiger partial charge in [0.25, 0.3) is 0 Å². The molecule has 1 aromatic heterocycles. The average Bonchev–Trinajstić information content (AvgIpc) is 2.26. The molecule has 1 heterocycles. The first-order valence-corrected chi connectivity index (χ1v) is 5.29. The summed E-state index contributed by atoms with van der Waals surface area (Å²) in [6.07, 6.45) is 4.66. The normalized spacial score (nSPS) is 9.93. The molecule has 2 aromatic rings. The number of nitrogens with zero attached hydrogens (tertiary/aromatic N) is 1. The molecule has 0 radical (unpaired) electrons. The van der Waals surface area contributed by atoms with Crippen molar-refractivity contribution in [3.05, 3.63) is 42.6 Å². The second-order valence-corrected chi connectivity index (χ2v) is 3.61. The Bertz CT molecular complexity index is 420. The summed E-state index contributed by atoms with van der Waals surface area (Å²) in [6, 6.07) is 12.8. The van der Waals surface area contributed by atoms with Crippen LogP contribution in [-0.2, 0) is 6.54 Å². The molecule has 0 spiro atoms. The highest BCUT2D eigenvalue weighted by molar-refractivity contribution is 5.74. The summed E-state index contributed by atoms with van der Waals surface area (Å²) in [5.41, 5.74) is 1.34. The third-order valence-corrected chi connectivity index (χ3v) is 2.54. The number of halogens is 1. The number of rotatable bonds is 3. The number of pyridine rings is 1. The van der Waals surface area contributed by atoms with Crippen molar-refractivity contribution in [2.24, 2.45) is 0 Å². The largest absolute Gasteiger partial charge is 1.00 e. The minimum absolute atomic E-state index is 0. The van der Waals surface area contributed by atoms with E-state index in [2.05, 4.69) is 54.1 Å². The topological polar surface area (TPSA) is 3.88 Å². The van der Waals surface area contributed by atoms with Crippen molar-refractivity contribution in [2.45, 2.75) is 26.3 Å². The number of hydrogen-bond acceptors (Lipinski definition) is 0. The molecule has 0 amide bonds. The fraction of sp³-hybridized carbons (Fsp3) is 0.308. The van der Waals surface area contributed by atoms with Crippen molar-refractivity contribution in [3.8, 4) is 0 Å². The SMILES string of the molecule is CCCC[n+]1cccc2ccccc21.[Cl-]. The van der Waals surface area contributed by atoms with Gasteiger partial charge in [-0.3, -0.25) is 0 Å². The van der Waals surface area contributed by atoms with E-state index in [0.29, 0.717) is 0 Å². The molecule has 0 aliphatic heterocycles. The third kappa shape index (κ3) is 2.69. The number of benzene rings is 1. The molecule has 1 nitrogen and oxygen atoms in total. The molecule has 0 aliphatic rings. The zero-order valence-corrected chi connectivity index (χ0v) is 9.74. The molecule has 1 aromatic carbocycles. The maximum absolute atomic E-state index is 2.33. The van der Waals surface area contributed by atoms with E-state index < -0.39 is 0 Å². The van der Waals surface area contributed by atoms with E-state index in [1.165, 1.54) is 23.7 Å². The molecule has 0 fully saturated rings. The Morgan fingerprint density at radius 3 is 2.60 bits per heavy atom. The number of fused-ring (bicyclic) bond motifs is 1. The summed E-state index contributed by atoms with van der Waals surface area (Å²) in [4.78, 5) is 0. The van der Waals surface area contributed by atoms with Gasteiger partial charge < -0.3 is 12.4 Å². The molecule has 15 heavy (non-hydrogen) atoms. The fourth-order valence-corrected chi connectivity index (χ4v) is 1.74. The van der Waals surface area contributed by atoms with Crippen molar-refractivity contribution >= 4 is 10.9 Å². The summed E-state index contributed by atoms with van der Waals surface area (Å²) in [6.45, 7) is 3.35. The highest BCUT2D eigenvalue weighted by Crippen LogP contribution is 2.07. The van der Waals surface area contributed by atoms with Crippen molar-refractivity contribution in [3.63, 3.8) is 0 Å². The van der Waals surface area contributed by atoms with Gasteiger partial charge in [-0.15, -0.1) is 0 Å². The standard InChI is InChI=1S/C13H16N.ClH/c1-2-3-10-14-11-6-8-12-7-4-5-9-13(12)14;/h4-9,11H,2-3,10H2,1H3;1H/q+1;/p-1. The lowest BCUT2D eigenvalue weighted by Gasteiger charge is -1.99. The Kier molecular flexibility index (Phi) is 4.57. The van der Waals surface area contributed by atoms with Crippen LogP contribution in [0.15, 0.2) is 42.6 Å². The number of para-hydroxylation sites is 1. The van der Waals surface area contributed by atoms with Crippen LogP contribution in [0, 0.1) is 0 Å². The van der Waals surface area contributed by atoms with Gasteiger partial charge in [0, 0.05) is 23.9 Å².